The molecule has 0 aromatic carbocycles. The number of carbonyl (C=O) groups excluding carboxylic acids is 3. The van der Waals surface area contributed by atoms with Gasteiger partial charge in [-0.2, -0.15) is 0 Å². The number of aliphatic carboxylic acids is 1. The molecule has 108 valence electrons. The van der Waals surface area contributed by atoms with Crippen LogP contribution in [0, 0.1) is 0 Å². The monoisotopic (exact) mass is 276 g/mol. The molecule has 0 amide bonds. The van der Waals surface area contributed by atoms with E-state index in [-0.39, 0.29) is 12.8 Å². The second-order valence-electron chi connectivity index (χ2n) is 3.48. The lowest BCUT2D eigenvalue weighted by molar-refractivity contribution is -0.258. The Morgan fingerprint density at radius 1 is 0.895 bits per heavy atom. The molecule has 0 heterocycles. The zero-order chi connectivity index (χ0) is 14.8. The van der Waals surface area contributed by atoms with Gasteiger partial charge >= 0.3 is 30.4 Å². The average Bonchev–Trinajstić information content (AvgIpc) is 2.28. The van der Waals surface area contributed by atoms with Gasteiger partial charge in [0.2, 0.25) is 0 Å². The van der Waals surface area contributed by atoms with E-state index in [2.05, 4.69) is 14.2 Å². The third kappa shape index (κ3) is 7.74. The van der Waals surface area contributed by atoms with Crippen LogP contribution in [0.4, 0.5) is 0 Å². The van der Waals surface area contributed by atoms with Crippen LogP contribution >= 0.6 is 0 Å². The Bertz CT molecular complexity index is 329. The highest BCUT2D eigenvalue weighted by atomic mass is 16.9. The van der Waals surface area contributed by atoms with Gasteiger partial charge in [-0.15, -0.1) is 0 Å². The summed E-state index contributed by atoms with van der Waals surface area (Å²) in [5.41, 5.74) is 0. The van der Waals surface area contributed by atoms with E-state index in [1.165, 1.54) is 0 Å². The summed E-state index contributed by atoms with van der Waals surface area (Å²) in [6.45, 7) is 1.45. The van der Waals surface area contributed by atoms with E-state index < -0.39 is 30.4 Å². The van der Waals surface area contributed by atoms with Crippen LogP contribution in [0.2, 0.25) is 0 Å². The minimum Gasteiger partial charge on any atom is -0.473 e. The summed E-state index contributed by atoms with van der Waals surface area (Å²) < 4.78 is 13.3. The molecule has 0 fully saturated rings. The number of esters is 3. The van der Waals surface area contributed by atoms with Crippen LogP contribution in [0.1, 0.15) is 39.5 Å². The first kappa shape index (κ1) is 16.9. The highest BCUT2D eigenvalue weighted by Crippen LogP contribution is 2.05. The lowest BCUT2D eigenvalue weighted by atomic mass is 10.3. The van der Waals surface area contributed by atoms with Gasteiger partial charge < -0.3 is 19.3 Å². The molecule has 0 aliphatic heterocycles. The first-order valence-electron chi connectivity index (χ1n) is 5.73. The SMILES string of the molecule is CCCC(=O)OC(OC(=O)CCC)OC(=O)C(=O)O. The quantitative estimate of drug-likeness (QED) is 0.408. The fourth-order valence-electron chi connectivity index (χ4n) is 0.951. The van der Waals surface area contributed by atoms with Crippen molar-refractivity contribution in [2.45, 2.75) is 46.0 Å². The van der Waals surface area contributed by atoms with Crippen LogP contribution in [0.3, 0.4) is 0 Å². The summed E-state index contributed by atoms with van der Waals surface area (Å²) in [6, 6.07) is 0. The van der Waals surface area contributed by atoms with Gasteiger partial charge in [0.15, 0.2) is 0 Å². The Labute approximate surface area is 109 Å². The van der Waals surface area contributed by atoms with Gasteiger partial charge in [-0.25, -0.2) is 9.59 Å². The molecule has 0 unspecified atom stereocenters. The number of hydrogen-bond donors (Lipinski definition) is 1. The third-order valence-corrected chi connectivity index (χ3v) is 1.74. The van der Waals surface area contributed by atoms with E-state index in [0.29, 0.717) is 12.8 Å². The lowest BCUT2D eigenvalue weighted by Crippen LogP contribution is -2.32. The summed E-state index contributed by atoms with van der Waals surface area (Å²) >= 11 is 0. The van der Waals surface area contributed by atoms with Gasteiger partial charge in [-0.05, 0) is 12.8 Å². The van der Waals surface area contributed by atoms with Crippen molar-refractivity contribution in [3.63, 3.8) is 0 Å². The maximum atomic E-state index is 11.2. The van der Waals surface area contributed by atoms with Crippen molar-refractivity contribution in [2.24, 2.45) is 0 Å². The van der Waals surface area contributed by atoms with E-state index >= 15 is 0 Å². The van der Waals surface area contributed by atoms with Gasteiger partial charge in [0.05, 0.1) is 0 Å². The van der Waals surface area contributed by atoms with Crippen molar-refractivity contribution in [1.82, 2.24) is 0 Å². The maximum absolute atomic E-state index is 11.2. The smallest absolute Gasteiger partial charge is 0.422 e. The Hall–Kier alpha value is -2.12. The zero-order valence-electron chi connectivity index (χ0n) is 10.7. The predicted molar refractivity (Wildman–Crippen MR) is 59.5 cm³/mol. The summed E-state index contributed by atoms with van der Waals surface area (Å²) in [7, 11) is 0. The fraction of sp³-hybridized carbons (Fsp3) is 0.636. The predicted octanol–water partition coefficient (Wildman–Crippen LogP) is 0.584. The van der Waals surface area contributed by atoms with E-state index in [9.17, 15) is 19.2 Å². The van der Waals surface area contributed by atoms with E-state index in [0.717, 1.165) is 0 Å². The van der Waals surface area contributed by atoms with Gasteiger partial charge in [0.1, 0.15) is 0 Å². The highest BCUT2D eigenvalue weighted by Gasteiger charge is 2.26. The van der Waals surface area contributed by atoms with Gasteiger partial charge in [0.25, 0.3) is 0 Å². The molecule has 0 aliphatic rings. The molecule has 8 heteroatoms. The Morgan fingerprint density at radius 2 is 1.32 bits per heavy atom. The Kier molecular flexibility index (Phi) is 7.90. The normalized spacial score (nSPS) is 9.84. The average molecular weight is 276 g/mol. The number of carboxylic acids is 1. The number of ether oxygens (including phenoxy) is 3. The molecule has 19 heavy (non-hydrogen) atoms. The molecule has 0 aliphatic carbocycles. The largest absolute Gasteiger partial charge is 0.473 e. The maximum Gasteiger partial charge on any atom is 0.422 e. The van der Waals surface area contributed by atoms with Crippen LogP contribution in [-0.4, -0.2) is 35.5 Å². The molecule has 0 bridgehead atoms. The summed E-state index contributed by atoms with van der Waals surface area (Å²) in [6.07, 6.45) is 0.988. The Balaban J connectivity index is 4.54. The van der Waals surface area contributed by atoms with E-state index in [1.54, 1.807) is 13.8 Å². The minimum absolute atomic E-state index is 0.0203. The van der Waals surface area contributed by atoms with Gasteiger partial charge in [-0.1, -0.05) is 13.8 Å². The molecule has 0 atom stereocenters. The van der Waals surface area contributed by atoms with E-state index in [1.807, 2.05) is 0 Å². The first-order chi connectivity index (χ1) is 8.90. The van der Waals surface area contributed by atoms with Crippen molar-refractivity contribution in [1.29, 1.82) is 0 Å². The van der Waals surface area contributed by atoms with Crippen LogP contribution in [0.5, 0.6) is 0 Å². The molecule has 0 radical (unpaired) electrons. The molecular formula is C11H16O8. The molecule has 0 saturated heterocycles. The number of hydrogen-bond acceptors (Lipinski definition) is 7. The number of rotatable bonds is 7. The second kappa shape index (κ2) is 8.90. The molecule has 0 rings (SSSR count). The van der Waals surface area contributed by atoms with Crippen LogP contribution in [0.25, 0.3) is 0 Å². The van der Waals surface area contributed by atoms with Gasteiger partial charge in [-0.3, -0.25) is 9.59 Å². The van der Waals surface area contributed by atoms with E-state index in [4.69, 9.17) is 5.11 Å². The molecular weight excluding hydrogens is 260 g/mol. The summed E-state index contributed by atoms with van der Waals surface area (Å²) in [5, 5.41) is 8.35. The lowest BCUT2D eigenvalue weighted by Gasteiger charge is -2.16. The molecule has 1 N–H and O–H groups in total. The van der Waals surface area contributed by atoms with Crippen molar-refractivity contribution in [3.05, 3.63) is 0 Å². The topological polar surface area (TPSA) is 116 Å². The molecule has 0 spiro atoms. The number of carbonyl (C=O) groups is 4. The molecule has 0 saturated carbocycles. The molecule has 8 nitrogen and oxygen atoms in total. The fourth-order valence-corrected chi connectivity index (χ4v) is 0.951. The van der Waals surface area contributed by atoms with Crippen LogP contribution in [-0.2, 0) is 33.4 Å². The molecule has 0 aromatic rings. The van der Waals surface area contributed by atoms with Crippen molar-refractivity contribution < 1.29 is 38.5 Å². The third-order valence-electron chi connectivity index (χ3n) is 1.74. The number of carboxylic acid groups (broad SMARTS) is 1. The highest BCUT2D eigenvalue weighted by molar-refractivity contribution is 6.28. The van der Waals surface area contributed by atoms with Crippen LogP contribution in [0.15, 0.2) is 0 Å². The summed E-state index contributed by atoms with van der Waals surface area (Å²) in [4.78, 5) is 43.5. The Morgan fingerprint density at radius 3 is 1.63 bits per heavy atom. The zero-order valence-corrected chi connectivity index (χ0v) is 10.7. The first-order valence-corrected chi connectivity index (χ1v) is 5.73. The standard InChI is InChI=1S/C11H16O8/c1-3-5-7(12)17-11(18-8(13)6-4-2)19-10(16)9(14)15/h11H,3-6H2,1-2H3,(H,14,15). The van der Waals surface area contributed by atoms with Crippen LogP contribution < -0.4 is 0 Å². The second-order valence-corrected chi connectivity index (χ2v) is 3.48. The van der Waals surface area contributed by atoms with Crippen molar-refractivity contribution >= 4 is 23.9 Å². The summed E-state index contributed by atoms with van der Waals surface area (Å²) in [5.74, 6) is -5.10. The minimum atomic E-state index is -1.97. The molecule has 0 aromatic heterocycles. The van der Waals surface area contributed by atoms with Crippen molar-refractivity contribution in [2.75, 3.05) is 0 Å². The van der Waals surface area contributed by atoms with Gasteiger partial charge in [0, 0.05) is 12.8 Å². The van der Waals surface area contributed by atoms with Crippen molar-refractivity contribution in [3.8, 4) is 0 Å².